The van der Waals surface area contributed by atoms with Crippen molar-refractivity contribution in [2.24, 2.45) is 5.92 Å². The van der Waals surface area contributed by atoms with Gasteiger partial charge < -0.3 is 25.0 Å². The van der Waals surface area contributed by atoms with Crippen molar-refractivity contribution in [3.63, 3.8) is 0 Å². The molecule has 0 saturated heterocycles. The number of nitrogens with zero attached hydrogens (tertiary/aromatic N) is 1. The van der Waals surface area contributed by atoms with Crippen LogP contribution in [0, 0.1) is 5.92 Å². The molecule has 0 aliphatic carbocycles. The molecule has 1 atom stereocenters. The van der Waals surface area contributed by atoms with Gasteiger partial charge >= 0.3 is 12.2 Å². The smallest absolute Gasteiger partial charge is 0.415 e. The van der Waals surface area contributed by atoms with Crippen molar-refractivity contribution in [2.75, 3.05) is 19.6 Å². The summed E-state index contributed by atoms with van der Waals surface area (Å²) in [6.45, 7) is 14.1. The van der Waals surface area contributed by atoms with E-state index in [0.29, 0.717) is 18.7 Å². The highest BCUT2D eigenvalue weighted by Crippen LogP contribution is 2.14. The zero-order chi connectivity index (χ0) is 24.3. The van der Waals surface area contributed by atoms with Crippen molar-refractivity contribution in [3.05, 3.63) is 29.8 Å². The minimum Gasteiger partial charge on any atom is -0.444 e. The number of aryl methyl sites for hydroxylation is 1. The molecule has 1 unspecified atom stereocenters. The number of amides is 3. The molecule has 3 amide bonds. The van der Waals surface area contributed by atoms with E-state index in [1.807, 2.05) is 32.9 Å². The molecule has 180 valence electrons. The van der Waals surface area contributed by atoms with Crippen LogP contribution in [0.3, 0.4) is 0 Å². The summed E-state index contributed by atoms with van der Waals surface area (Å²) in [5, 5.41) is 5.44. The number of ether oxygens (including phenoxy) is 2. The average molecular weight is 450 g/mol. The molecule has 32 heavy (non-hydrogen) atoms. The monoisotopic (exact) mass is 449 g/mol. The zero-order valence-electron chi connectivity index (χ0n) is 20.5. The number of hydrogen-bond donors (Lipinski definition) is 2. The molecule has 0 spiro atoms. The molecule has 0 heterocycles. The van der Waals surface area contributed by atoms with Gasteiger partial charge in [0.05, 0.1) is 0 Å². The first kappa shape index (κ1) is 27.3. The molecular weight excluding hydrogens is 410 g/mol. The Morgan fingerprint density at radius 1 is 1.06 bits per heavy atom. The lowest BCUT2D eigenvalue weighted by Gasteiger charge is -2.25. The van der Waals surface area contributed by atoms with E-state index in [2.05, 4.69) is 17.6 Å². The van der Waals surface area contributed by atoms with Crippen LogP contribution < -0.4 is 15.4 Å². The molecule has 2 N–H and O–H groups in total. The summed E-state index contributed by atoms with van der Waals surface area (Å²) in [4.78, 5) is 38.7. The molecule has 8 nitrogen and oxygen atoms in total. The van der Waals surface area contributed by atoms with Gasteiger partial charge in [-0.25, -0.2) is 9.59 Å². The van der Waals surface area contributed by atoms with Crippen LogP contribution in [0.5, 0.6) is 5.75 Å². The molecule has 1 aromatic rings. The summed E-state index contributed by atoms with van der Waals surface area (Å²) >= 11 is 0. The molecule has 8 heteroatoms. The van der Waals surface area contributed by atoms with Gasteiger partial charge in [0.1, 0.15) is 17.4 Å². The molecular formula is C24H39N3O5. The molecule has 0 fully saturated rings. The van der Waals surface area contributed by atoms with Crippen molar-refractivity contribution in [3.8, 4) is 5.75 Å². The third-order valence-corrected chi connectivity index (χ3v) is 4.57. The Morgan fingerprint density at radius 3 is 2.19 bits per heavy atom. The fourth-order valence-electron chi connectivity index (χ4n) is 2.93. The second kappa shape index (κ2) is 12.9. The van der Waals surface area contributed by atoms with E-state index < -0.39 is 23.8 Å². The SMILES string of the molecule is CCc1ccc(OC(=O)N(CC)CCNC(=O)C(CC(C)C)NC(=O)OC(C)(C)C)cc1. The fraction of sp³-hybridized carbons (Fsp3) is 0.625. The first-order valence-electron chi connectivity index (χ1n) is 11.3. The molecule has 0 radical (unpaired) electrons. The van der Waals surface area contributed by atoms with Gasteiger partial charge in [-0.05, 0) is 64.2 Å². The standard InChI is InChI=1S/C24H39N3O5/c1-8-18-10-12-19(13-11-18)31-23(30)27(9-2)15-14-25-21(28)20(16-17(3)4)26-22(29)32-24(5,6)7/h10-13,17,20H,8-9,14-16H2,1-7H3,(H,25,28)(H,26,29). The van der Waals surface area contributed by atoms with E-state index in [4.69, 9.17) is 9.47 Å². The summed E-state index contributed by atoms with van der Waals surface area (Å²) in [6, 6.07) is 6.66. The van der Waals surface area contributed by atoms with Crippen LogP contribution in [0.15, 0.2) is 24.3 Å². The Balaban J connectivity index is 2.59. The van der Waals surface area contributed by atoms with Gasteiger partial charge in [-0.1, -0.05) is 32.9 Å². The predicted molar refractivity (Wildman–Crippen MR) is 125 cm³/mol. The van der Waals surface area contributed by atoms with E-state index in [0.717, 1.165) is 12.0 Å². The van der Waals surface area contributed by atoms with Crippen molar-refractivity contribution < 1.29 is 23.9 Å². The van der Waals surface area contributed by atoms with E-state index >= 15 is 0 Å². The maximum atomic E-state index is 12.7. The summed E-state index contributed by atoms with van der Waals surface area (Å²) in [5.41, 5.74) is 0.512. The molecule has 0 bridgehead atoms. The van der Waals surface area contributed by atoms with E-state index in [-0.39, 0.29) is 24.9 Å². The number of nitrogens with one attached hydrogen (secondary N) is 2. The van der Waals surface area contributed by atoms with Gasteiger partial charge in [-0.2, -0.15) is 0 Å². The summed E-state index contributed by atoms with van der Waals surface area (Å²) in [5.74, 6) is 0.360. The lowest BCUT2D eigenvalue weighted by Crippen LogP contribution is -2.50. The second-order valence-electron chi connectivity index (χ2n) is 9.06. The largest absolute Gasteiger partial charge is 0.444 e. The minimum absolute atomic E-state index is 0.196. The highest BCUT2D eigenvalue weighted by atomic mass is 16.6. The Labute approximate surface area is 192 Å². The Morgan fingerprint density at radius 2 is 1.69 bits per heavy atom. The molecule has 0 aliphatic rings. The van der Waals surface area contributed by atoms with Crippen LogP contribution in [-0.2, 0) is 16.0 Å². The van der Waals surface area contributed by atoms with Gasteiger partial charge in [0.2, 0.25) is 5.91 Å². The number of carbonyl (C=O) groups excluding carboxylic acids is 3. The van der Waals surface area contributed by atoms with Gasteiger partial charge in [-0.15, -0.1) is 0 Å². The van der Waals surface area contributed by atoms with Gasteiger partial charge in [0.15, 0.2) is 0 Å². The van der Waals surface area contributed by atoms with Gasteiger partial charge in [0.25, 0.3) is 0 Å². The average Bonchev–Trinajstić information content (AvgIpc) is 2.69. The highest BCUT2D eigenvalue weighted by molar-refractivity contribution is 5.85. The Kier molecular flexibility index (Phi) is 11.0. The van der Waals surface area contributed by atoms with E-state index in [9.17, 15) is 14.4 Å². The maximum absolute atomic E-state index is 12.7. The quantitative estimate of drug-likeness (QED) is 0.560. The normalized spacial score (nSPS) is 12.1. The van der Waals surface area contributed by atoms with Crippen LogP contribution in [0.25, 0.3) is 0 Å². The number of benzene rings is 1. The summed E-state index contributed by atoms with van der Waals surface area (Å²) in [6.07, 6.45) is 0.274. The third kappa shape index (κ3) is 10.5. The fourth-order valence-corrected chi connectivity index (χ4v) is 2.93. The molecule has 0 saturated carbocycles. The lowest BCUT2D eigenvalue weighted by molar-refractivity contribution is -0.123. The minimum atomic E-state index is -0.719. The van der Waals surface area contributed by atoms with Crippen LogP contribution in [0.4, 0.5) is 9.59 Å². The zero-order valence-corrected chi connectivity index (χ0v) is 20.5. The number of alkyl carbamates (subject to hydrolysis) is 1. The Bertz CT molecular complexity index is 741. The topological polar surface area (TPSA) is 97.0 Å². The molecule has 0 aromatic heterocycles. The first-order chi connectivity index (χ1) is 14.9. The molecule has 0 aliphatic heterocycles. The van der Waals surface area contributed by atoms with Crippen LogP contribution in [0.1, 0.15) is 60.5 Å². The molecule has 1 aromatic carbocycles. The number of likely N-dealkylation sites (N-methyl/N-ethyl adjacent to an activating group) is 1. The van der Waals surface area contributed by atoms with Crippen LogP contribution in [0.2, 0.25) is 0 Å². The van der Waals surface area contributed by atoms with Gasteiger partial charge in [0, 0.05) is 19.6 Å². The number of hydrogen-bond acceptors (Lipinski definition) is 5. The maximum Gasteiger partial charge on any atom is 0.415 e. The van der Waals surface area contributed by atoms with Crippen molar-refractivity contribution in [1.82, 2.24) is 15.5 Å². The Hall–Kier alpha value is -2.77. The summed E-state index contributed by atoms with van der Waals surface area (Å²) in [7, 11) is 0. The number of rotatable bonds is 10. The summed E-state index contributed by atoms with van der Waals surface area (Å²) < 4.78 is 10.7. The van der Waals surface area contributed by atoms with E-state index in [1.54, 1.807) is 32.9 Å². The molecule has 1 rings (SSSR count). The van der Waals surface area contributed by atoms with Crippen molar-refractivity contribution in [2.45, 2.75) is 73.0 Å². The van der Waals surface area contributed by atoms with E-state index in [1.165, 1.54) is 4.90 Å². The van der Waals surface area contributed by atoms with Crippen molar-refractivity contribution in [1.29, 1.82) is 0 Å². The van der Waals surface area contributed by atoms with Crippen LogP contribution in [-0.4, -0.2) is 54.3 Å². The second-order valence-corrected chi connectivity index (χ2v) is 9.06. The van der Waals surface area contributed by atoms with Gasteiger partial charge in [-0.3, -0.25) is 4.79 Å². The highest BCUT2D eigenvalue weighted by Gasteiger charge is 2.25. The number of carbonyl (C=O) groups is 3. The van der Waals surface area contributed by atoms with Crippen LogP contribution >= 0.6 is 0 Å². The van der Waals surface area contributed by atoms with Crippen molar-refractivity contribution >= 4 is 18.1 Å². The predicted octanol–water partition coefficient (Wildman–Crippen LogP) is 4.13. The third-order valence-electron chi connectivity index (χ3n) is 4.57. The lowest BCUT2D eigenvalue weighted by atomic mass is 10.0. The first-order valence-corrected chi connectivity index (χ1v) is 11.3.